The van der Waals surface area contributed by atoms with Crippen molar-refractivity contribution in [2.75, 3.05) is 19.4 Å². The van der Waals surface area contributed by atoms with Gasteiger partial charge in [-0.3, -0.25) is 4.79 Å². The Labute approximate surface area is 198 Å². The Morgan fingerprint density at radius 3 is 2.68 bits per heavy atom. The van der Waals surface area contributed by atoms with E-state index in [0.717, 1.165) is 37.6 Å². The van der Waals surface area contributed by atoms with Gasteiger partial charge in [-0.25, -0.2) is 0 Å². The Kier molecular flexibility index (Phi) is 6.90. The van der Waals surface area contributed by atoms with Crippen molar-refractivity contribution in [3.63, 3.8) is 0 Å². The lowest BCUT2D eigenvalue weighted by Crippen LogP contribution is -2.26. The van der Waals surface area contributed by atoms with Crippen molar-refractivity contribution < 1.29 is 9.53 Å². The van der Waals surface area contributed by atoms with E-state index in [1.54, 1.807) is 31.0 Å². The van der Waals surface area contributed by atoms with Crippen LogP contribution in [0.4, 0.5) is 0 Å². The Balaban J connectivity index is 1.50. The SMILES string of the molecule is COc1ccc(-c2[nH]c3ccccc3c2SCCNC(=O)c2cc(Br)ccc2Cl)cc1. The second kappa shape index (κ2) is 9.81. The van der Waals surface area contributed by atoms with Crippen molar-refractivity contribution in [3.05, 3.63) is 81.8 Å². The number of aromatic nitrogens is 1. The van der Waals surface area contributed by atoms with E-state index < -0.39 is 0 Å². The monoisotopic (exact) mass is 514 g/mol. The summed E-state index contributed by atoms with van der Waals surface area (Å²) in [5.41, 5.74) is 3.70. The third-order valence-corrected chi connectivity index (χ3v) is 6.79. The van der Waals surface area contributed by atoms with Crippen LogP contribution in [-0.2, 0) is 0 Å². The second-order valence-electron chi connectivity index (χ2n) is 6.83. The van der Waals surface area contributed by atoms with E-state index in [4.69, 9.17) is 16.3 Å². The maximum Gasteiger partial charge on any atom is 0.252 e. The van der Waals surface area contributed by atoms with Crippen LogP contribution in [0.15, 0.2) is 76.1 Å². The summed E-state index contributed by atoms with van der Waals surface area (Å²) in [5, 5.41) is 4.56. The Morgan fingerprint density at radius 2 is 1.90 bits per heavy atom. The normalized spacial score (nSPS) is 10.9. The molecule has 0 spiro atoms. The van der Waals surface area contributed by atoms with Gasteiger partial charge in [0.25, 0.3) is 5.91 Å². The summed E-state index contributed by atoms with van der Waals surface area (Å²) in [6.07, 6.45) is 0. The fourth-order valence-electron chi connectivity index (χ4n) is 3.31. The van der Waals surface area contributed by atoms with Crippen LogP contribution in [-0.4, -0.2) is 30.3 Å². The van der Waals surface area contributed by atoms with E-state index in [2.05, 4.69) is 38.4 Å². The summed E-state index contributed by atoms with van der Waals surface area (Å²) < 4.78 is 6.10. The minimum atomic E-state index is -0.179. The number of thioether (sulfide) groups is 1. The average Bonchev–Trinajstić information content (AvgIpc) is 3.16. The predicted molar refractivity (Wildman–Crippen MR) is 132 cm³/mol. The number of amides is 1. The highest BCUT2D eigenvalue weighted by molar-refractivity contribution is 9.10. The van der Waals surface area contributed by atoms with Gasteiger partial charge in [0.2, 0.25) is 0 Å². The molecule has 0 bridgehead atoms. The molecule has 2 N–H and O–H groups in total. The summed E-state index contributed by atoms with van der Waals surface area (Å²) in [7, 11) is 1.66. The van der Waals surface area contributed by atoms with Crippen molar-refractivity contribution in [2.45, 2.75) is 4.90 Å². The van der Waals surface area contributed by atoms with E-state index in [-0.39, 0.29) is 5.91 Å². The molecule has 31 heavy (non-hydrogen) atoms. The first-order chi connectivity index (χ1) is 15.1. The van der Waals surface area contributed by atoms with Crippen molar-refractivity contribution in [1.29, 1.82) is 0 Å². The molecule has 0 aliphatic carbocycles. The Bertz CT molecular complexity index is 1220. The zero-order valence-electron chi connectivity index (χ0n) is 16.7. The van der Waals surface area contributed by atoms with Crippen LogP contribution in [0.2, 0.25) is 5.02 Å². The lowest BCUT2D eigenvalue weighted by Gasteiger charge is -2.09. The van der Waals surface area contributed by atoms with E-state index in [1.807, 2.05) is 42.5 Å². The van der Waals surface area contributed by atoms with Crippen LogP contribution < -0.4 is 10.1 Å². The molecule has 0 radical (unpaired) electrons. The Morgan fingerprint density at radius 1 is 1.13 bits per heavy atom. The molecule has 4 aromatic rings. The number of carbonyl (C=O) groups excluding carboxylic acids is 1. The van der Waals surface area contributed by atoms with Gasteiger partial charge in [-0.1, -0.05) is 45.7 Å². The van der Waals surface area contributed by atoms with Crippen molar-refractivity contribution in [2.24, 2.45) is 0 Å². The molecule has 1 amide bonds. The van der Waals surface area contributed by atoms with Gasteiger partial charge in [0.1, 0.15) is 5.75 Å². The summed E-state index contributed by atoms with van der Waals surface area (Å²) >= 11 is 11.3. The second-order valence-corrected chi connectivity index (χ2v) is 9.26. The molecule has 0 aliphatic heterocycles. The van der Waals surface area contributed by atoms with Crippen LogP contribution in [0, 0.1) is 0 Å². The van der Waals surface area contributed by atoms with Gasteiger partial charge in [0.15, 0.2) is 0 Å². The first kappa shape index (κ1) is 21.8. The summed E-state index contributed by atoms with van der Waals surface area (Å²) in [5.74, 6) is 1.37. The maximum atomic E-state index is 12.5. The molecule has 158 valence electrons. The van der Waals surface area contributed by atoms with Gasteiger partial charge in [0, 0.05) is 32.6 Å². The smallest absolute Gasteiger partial charge is 0.252 e. The third-order valence-electron chi connectivity index (χ3n) is 4.84. The van der Waals surface area contributed by atoms with Gasteiger partial charge < -0.3 is 15.0 Å². The van der Waals surface area contributed by atoms with E-state index >= 15 is 0 Å². The highest BCUT2D eigenvalue weighted by atomic mass is 79.9. The number of benzene rings is 3. The molecule has 7 heteroatoms. The zero-order chi connectivity index (χ0) is 21.8. The van der Waals surface area contributed by atoms with E-state index in [1.165, 1.54) is 5.39 Å². The number of aromatic amines is 1. The molecular weight excluding hydrogens is 496 g/mol. The molecule has 0 atom stereocenters. The van der Waals surface area contributed by atoms with E-state index in [0.29, 0.717) is 17.1 Å². The number of para-hydroxylation sites is 1. The average molecular weight is 516 g/mol. The van der Waals surface area contributed by atoms with Crippen LogP contribution in [0.3, 0.4) is 0 Å². The summed E-state index contributed by atoms with van der Waals surface area (Å²) in [4.78, 5) is 17.2. The standard InChI is InChI=1S/C24H20BrClN2O2S/c1-30-17-9-6-15(7-10-17)22-23(18-4-2-3-5-21(18)28-22)31-13-12-27-24(29)19-14-16(25)8-11-20(19)26/h2-11,14,28H,12-13H2,1H3,(H,27,29). The number of hydrogen-bond acceptors (Lipinski definition) is 3. The zero-order valence-corrected chi connectivity index (χ0v) is 19.9. The number of fused-ring (bicyclic) bond motifs is 1. The molecule has 1 aromatic heterocycles. The largest absolute Gasteiger partial charge is 0.497 e. The Hall–Kier alpha value is -2.41. The highest BCUT2D eigenvalue weighted by Gasteiger charge is 2.15. The molecule has 4 rings (SSSR count). The summed E-state index contributed by atoms with van der Waals surface area (Å²) in [6.45, 7) is 0.522. The van der Waals surface area contributed by atoms with Gasteiger partial charge in [-0.15, -0.1) is 11.8 Å². The number of methoxy groups -OCH3 is 1. The lowest BCUT2D eigenvalue weighted by molar-refractivity contribution is 0.0956. The molecule has 4 nitrogen and oxygen atoms in total. The quantitative estimate of drug-likeness (QED) is 0.211. The minimum absolute atomic E-state index is 0.179. The molecule has 0 aliphatic rings. The lowest BCUT2D eigenvalue weighted by atomic mass is 10.1. The number of ether oxygens (including phenoxy) is 1. The molecular formula is C24H20BrClN2O2S. The molecule has 0 unspecified atom stereocenters. The molecule has 3 aromatic carbocycles. The molecule has 0 saturated heterocycles. The van der Waals surface area contributed by atoms with Gasteiger partial charge >= 0.3 is 0 Å². The first-order valence-electron chi connectivity index (χ1n) is 9.68. The van der Waals surface area contributed by atoms with Crippen LogP contribution in [0.25, 0.3) is 22.2 Å². The van der Waals surface area contributed by atoms with Crippen molar-refractivity contribution >= 4 is 56.1 Å². The van der Waals surface area contributed by atoms with Crippen LogP contribution in [0.1, 0.15) is 10.4 Å². The third kappa shape index (κ3) is 4.92. The molecule has 0 fully saturated rings. The summed E-state index contributed by atoms with van der Waals surface area (Å²) in [6, 6.07) is 21.5. The fourth-order valence-corrected chi connectivity index (χ4v) is 4.93. The number of nitrogens with one attached hydrogen (secondary N) is 2. The van der Waals surface area contributed by atoms with Crippen molar-refractivity contribution in [1.82, 2.24) is 10.3 Å². The number of hydrogen-bond donors (Lipinski definition) is 2. The number of carbonyl (C=O) groups is 1. The maximum absolute atomic E-state index is 12.5. The predicted octanol–water partition coefficient (Wildman–Crippen LogP) is 6.78. The van der Waals surface area contributed by atoms with Gasteiger partial charge in [-0.05, 0) is 54.1 Å². The van der Waals surface area contributed by atoms with Gasteiger partial charge in [0.05, 0.1) is 23.4 Å². The number of halogens is 2. The van der Waals surface area contributed by atoms with E-state index in [9.17, 15) is 4.79 Å². The minimum Gasteiger partial charge on any atom is -0.497 e. The number of rotatable bonds is 7. The molecule has 0 saturated carbocycles. The molecule has 1 heterocycles. The van der Waals surface area contributed by atoms with Crippen LogP contribution in [0.5, 0.6) is 5.75 Å². The topological polar surface area (TPSA) is 54.1 Å². The fraction of sp³-hybridized carbons (Fsp3) is 0.125. The van der Waals surface area contributed by atoms with Crippen molar-refractivity contribution in [3.8, 4) is 17.0 Å². The number of H-pyrrole nitrogens is 1. The van der Waals surface area contributed by atoms with Crippen LogP contribution >= 0.6 is 39.3 Å². The van der Waals surface area contributed by atoms with Gasteiger partial charge in [-0.2, -0.15) is 0 Å². The first-order valence-corrected chi connectivity index (χ1v) is 11.8. The highest BCUT2D eigenvalue weighted by Crippen LogP contribution is 2.38.